The molecule has 1 aromatic rings. The lowest BCUT2D eigenvalue weighted by Gasteiger charge is -2.09. The Balaban J connectivity index is 2.26. The highest BCUT2D eigenvalue weighted by Crippen LogP contribution is 2.12. The van der Waals surface area contributed by atoms with Crippen LogP contribution in [0.3, 0.4) is 0 Å². The van der Waals surface area contributed by atoms with Crippen molar-refractivity contribution in [3.05, 3.63) is 29.8 Å². The van der Waals surface area contributed by atoms with Crippen molar-refractivity contribution in [3.63, 3.8) is 0 Å². The average molecular weight is 282 g/mol. The smallest absolute Gasteiger partial charge is 0.334 e. The number of carboxylic acids is 1. The zero-order chi connectivity index (χ0) is 15.0. The standard InChI is InChI=1S/C13H18N2O5/c1-20-10-4-2-3-9(7-10)5-6-14-13(19)15-8-11(16)12(17)18/h2-4,7,11,16H,5-6,8H2,1H3,(H,17,18)(H2,14,15,19). The number of carbonyl (C=O) groups excluding carboxylic acids is 1. The fourth-order valence-electron chi connectivity index (χ4n) is 1.49. The number of aliphatic carboxylic acids is 1. The number of methoxy groups -OCH3 is 1. The highest BCUT2D eigenvalue weighted by Gasteiger charge is 2.13. The minimum atomic E-state index is -1.60. The molecule has 1 unspecified atom stereocenters. The summed E-state index contributed by atoms with van der Waals surface area (Å²) < 4.78 is 5.09. The maximum atomic E-state index is 11.3. The van der Waals surface area contributed by atoms with Gasteiger partial charge in [-0.1, -0.05) is 12.1 Å². The molecule has 1 aromatic carbocycles. The van der Waals surface area contributed by atoms with Crippen LogP contribution in [0.5, 0.6) is 5.75 Å². The molecule has 1 atom stereocenters. The predicted molar refractivity (Wildman–Crippen MR) is 71.7 cm³/mol. The van der Waals surface area contributed by atoms with Crippen molar-refractivity contribution in [1.29, 1.82) is 0 Å². The molecule has 0 aliphatic heterocycles. The number of amides is 2. The molecule has 0 aromatic heterocycles. The molecule has 0 aliphatic carbocycles. The van der Waals surface area contributed by atoms with Crippen LogP contribution in [0.2, 0.25) is 0 Å². The summed E-state index contributed by atoms with van der Waals surface area (Å²) in [5.41, 5.74) is 1.01. The predicted octanol–water partition coefficient (Wildman–Crippen LogP) is -0.0176. The summed E-state index contributed by atoms with van der Waals surface area (Å²) in [7, 11) is 1.58. The van der Waals surface area contributed by atoms with E-state index >= 15 is 0 Å². The molecule has 110 valence electrons. The third-order valence-electron chi connectivity index (χ3n) is 2.57. The first-order valence-corrected chi connectivity index (χ1v) is 6.08. The minimum Gasteiger partial charge on any atom is -0.497 e. The fraction of sp³-hybridized carbons (Fsp3) is 0.385. The van der Waals surface area contributed by atoms with Crippen LogP contribution in [0.15, 0.2) is 24.3 Å². The number of urea groups is 1. The van der Waals surface area contributed by atoms with Gasteiger partial charge in [0.1, 0.15) is 5.75 Å². The van der Waals surface area contributed by atoms with E-state index in [1.165, 1.54) is 0 Å². The van der Waals surface area contributed by atoms with Crippen molar-refractivity contribution in [2.24, 2.45) is 0 Å². The second-order valence-corrected chi connectivity index (χ2v) is 4.09. The maximum absolute atomic E-state index is 11.3. The fourth-order valence-corrected chi connectivity index (χ4v) is 1.49. The molecule has 0 aliphatic rings. The zero-order valence-electron chi connectivity index (χ0n) is 11.1. The third-order valence-corrected chi connectivity index (χ3v) is 2.57. The van der Waals surface area contributed by atoms with Gasteiger partial charge in [0.15, 0.2) is 6.10 Å². The lowest BCUT2D eigenvalue weighted by atomic mass is 10.1. The van der Waals surface area contributed by atoms with Crippen molar-refractivity contribution in [3.8, 4) is 5.75 Å². The summed E-state index contributed by atoms with van der Waals surface area (Å²) in [6, 6.07) is 6.95. The van der Waals surface area contributed by atoms with E-state index in [-0.39, 0.29) is 6.54 Å². The monoisotopic (exact) mass is 282 g/mol. The molecule has 0 bridgehead atoms. The van der Waals surface area contributed by atoms with Gasteiger partial charge in [0, 0.05) is 6.54 Å². The molecule has 0 fully saturated rings. The second-order valence-electron chi connectivity index (χ2n) is 4.09. The molecular weight excluding hydrogens is 264 g/mol. The van der Waals surface area contributed by atoms with Gasteiger partial charge in [-0.15, -0.1) is 0 Å². The number of hydrogen-bond acceptors (Lipinski definition) is 4. The van der Waals surface area contributed by atoms with Crippen molar-refractivity contribution in [2.45, 2.75) is 12.5 Å². The summed E-state index contributed by atoms with van der Waals surface area (Å²) in [5, 5.41) is 22.3. The summed E-state index contributed by atoms with van der Waals surface area (Å²) in [6.07, 6.45) is -0.981. The Hall–Kier alpha value is -2.28. The minimum absolute atomic E-state index is 0.333. The summed E-state index contributed by atoms with van der Waals surface area (Å²) >= 11 is 0. The quantitative estimate of drug-likeness (QED) is 0.562. The lowest BCUT2D eigenvalue weighted by molar-refractivity contribution is -0.146. The number of ether oxygens (including phenoxy) is 1. The normalized spacial score (nSPS) is 11.5. The Morgan fingerprint density at radius 1 is 1.35 bits per heavy atom. The van der Waals surface area contributed by atoms with Gasteiger partial charge in [0.05, 0.1) is 13.7 Å². The summed E-state index contributed by atoms with van der Waals surface area (Å²) in [5.74, 6) is -0.627. The number of rotatable bonds is 7. The third kappa shape index (κ3) is 5.57. The topological polar surface area (TPSA) is 108 Å². The number of benzene rings is 1. The van der Waals surface area contributed by atoms with E-state index in [0.717, 1.165) is 11.3 Å². The Kier molecular flexibility index (Phi) is 6.31. The molecule has 20 heavy (non-hydrogen) atoms. The van der Waals surface area contributed by atoms with Gasteiger partial charge in [-0.05, 0) is 24.1 Å². The number of carbonyl (C=O) groups is 2. The Morgan fingerprint density at radius 3 is 2.75 bits per heavy atom. The van der Waals surface area contributed by atoms with Gasteiger partial charge < -0.3 is 25.6 Å². The molecular formula is C13H18N2O5. The molecule has 0 heterocycles. The van der Waals surface area contributed by atoms with E-state index in [1.807, 2.05) is 24.3 Å². The average Bonchev–Trinajstić information content (AvgIpc) is 2.44. The SMILES string of the molecule is COc1cccc(CCNC(=O)NCC(O)C(=O)O)c1. The van der Waals surface area contributed by atoms with Gasteiger partial charge in [-0.25, -0.2) is 9.59 Å². The molecule has 0 radical (unpaired) electrons. The van der Waals surface area contributed by atoms with E-state index in [2.05, 4.69) is 10.6 Å². The molecule has 0 saturated carbocycles. The molecule has 0 saturated heterocycles. The molecule has 7 heteroatoms. The van der Waals surface area contributed by atoms with Crippen LogP contribution >= 0.6 is 0 Å². The first kappa shape index (κ1) is 15.8. The van der Waals surface area contributed by atoms with Crippen molar-refractivity contribution in [2.75, 3.05) is 20.2 Å². The first-order chi connectivity index (χ1) is 9.52. The van der Waals surface area contributed by atoms with E-state index in [4.69, 9.17) is 14.9 Å². The van der Waals surface area contributed by atoms with Crippen LogP contribution in [0.4, 0.5) is 4.79 Å². The molecule has 4 N–H and O–H groups in total. The van der Waals surface area contributed by atoms with Gasteiger partial charge in [-0.3, -0.25) is 0 Å². The van der Waals surface area contributed by atoms with Crippen LogP contribution in [0, 0.1) is 0 Å². The van der Waals surface area contributed by atoms with Crippen molar-refractivity contribution < 1.29 is 24.5 Å². The first-order valence-electron chi connectivity index (χ1n) is 6.08. The number of nitrogens with one attached hydrogen (secondary N) is 2. The van der Waals surface area contributed by atoms with Crippen molar-refractivity contribution in [1.82, 2.24) is 10.6 Å². The highest BCUT2D eigenvalue weighted by atomic mass is 16.5. The van der Waals surface area contributed by atoms with Crippen LogP contribution < -0.4 is 15.4 Å². The largest absolute Gasteiger partial charge is 0.497 e. The second kappa shape index (κ2) is 8.00. The zero-order valence-corrected chi connectivity index (χ0v) is 11.1. The molecule has 2 amide bonds. The summed E-state index contributed by atoms with van der Waals surface area (Å²) in [6.45, 7) is 0.0580. The number of hydrogen-bond donors (Lipinski definition) is 4. The van der Waals surface area contributed by atoms with E-state index in [0.29, 0.717) is 13.0 Å². The van der Waals surface area contributed by atoms with E-state index < -0.39 is 18.1 Å². The van der Waals surface area contributed by atoms with Gasteiger partial charge in [0.25, 0.3) is 0 Å². The number of carboxylic acid groups (broad SMARTS) is 1. The summed E-state index contributed by atoms with van der Waals surface area (Å²) in [4.78, 5) is 21.7. The Bertz CT molecular complexity index is 464. The number of aliphatic hydroxyl groups excluding tert-OH is 1. The lowest BCUT2D eigenvalue weighted by Crippen LogP contribution is -2.42. The Labute approximate surface area is 116 Å². The van der Waals surface area contributed by atoms with Gasteiger partial charge in [0.2, 0.25) is 0 Å². The maximum Gasteiger partial charge on any atom is 0.334 e. The van der Waals surface area contributed by atoms with Gasteiger partial charge >= 0.3 is 12.0 Å². The highest BCUT2D eigenvalue weighted by molar-refractivity contribution is 5.76. The van der Waals surface area contributed by atoms with Crippen LogP contribution in [0.1, 0.15) is 5.56 Å². The van der Waals surface area contributed by atoms with E-state index in [9.17, 15) is 9.59 Å². The Morgan fingerprint density at radius 2 is 2.10 bits per heavy atom. The molecule has 1 rings (SSSR count). The van der Waals surface area contributed by atoms with E-state index in [1.54, 1.807) is 7.11 Å². The molecule has 0 spiro atoms. The van der Waals surface area contributed by atoms with Crippen LogP contribution in [-0.4, -0.2) is 48.5 Å². The van der Waals surface area contributed by atoms with Crippen molar-refractivity contribution >= 4 is 12.0 Å². The number of aliphatic hydroxyl groups is 1. The van der Waals surface area contributed by atoms with Crippen LogP contribution in [0.25, 0.3) is 0 Å². The van der Waals surface area contributed by atoms with Gasteiger partial charge in [-0.2, -0.15) is 0 Å². The van der Waals surface area contributed by atoms with Crippen LogP contribution in [-0.2, 0) is 11.2 Å². The molecule has 7 nitrogen and oxygen atoms in total.